The normalized spacial score (nSPS) is 20.7. The van der Waals surface area contributed by atoms with E-state index in [2.05, 4.69) is 14.8 Å². The Bertz CT molecular complexity index is 775. The van der Waals surface area contributed by atoms with E-state index in [0.29, 0.717) is 35.6 Å². The second-order valence-electron chi connectivity index (χ2n) is 6.54. The van der Waals surface area contributed by atoms with Gasteiger partial charge in [0.1, 0.15) is 18.1 Å². The Morgan fingerprint density at radius 2 is 2.04 bits per heavy atom. The number of Topliss-reactive ketones (excluding diaryl/α,β-unsaturated/α-hetero) is 1. The minimum absolute atomic E-state index is 0.0211. The van der Waals surface area contributed by atoms with Crippen LogP contribution in [0, 0.1) is 0 Å². The predicted octanol–water partition coefficient (Wildman–Crippen LogP) is 4.45. The average Bonchev–Trinajstić information content (AvgIpc) is 3.38. The van der Waals surface area contributed by atoms with Gasteiger partial charge >= 0.3 is 0 Å². The molecule has 2 fully saturated rings. The lowest BCUT2D eigenvalue weighted by Gasteiger charge is -2.19. The second kappa shape index (κ2) is 7.38. The number of aromatic nitrogens is 3. The first kappa shape index (κ1) is 16.9. The molecule has 0 saturated heterocycles. The summed E-state index contributed by atoms with van der Waals surface area (Å²) in [5.74, 6) is 1.79. The summed E-state index contributed by atoms with van der Waals surface area (Å²) in [5, 5.41) is 10.1. The lowest BCUT2D eigenvalue weighted by atomic mass is 9.99. The number of halogens is 1. The number of rotatable bonds is 6. The summed E-state index contributed by atoms with van der Waals surface area (Å²) in [6.45, 7) is 0.326. The van der Waals surface area contributed by atoms with Crippen LogP contribution in [0.15, 0.2) is 29.4 Å². The number of thioether (sulfide) groups is 1. The molecule has 0 radical (unpaired) electrons. The minimum Gasteiger partial charge on any atom is -0.484 e. The fourth-order valence-electron chi connectivity index (χ4n) is 3.09. The number of para-hydroxylation sites is 1. The average molecular weight is 378 g/mol. The first-order valence-corrected chi connectivity index (χ1v) is 9.98. The highest BCUT2D eigenvalue weighted by molar-refractivity contribution is 8.00. The maximum Gasteiger partial charge on any atom is 0.192 e. The molecule has 2 saturated carbocycles. The van der Waals surface area contributed by atoms with Gasteiger partial charge in [-0.15, -0.1) is 10.2 Å². The van der Waals surface area contributed by atoms with Crippen molar-refractivity contribution in [2.24, 2.45) is 0 Å². The Balaban J connectivity index is 1.50. The van der Waals surface area contributed by atoms with Crippen molar-refractivity contribution in [3.8, 4) is 5.75 Å². The summed E-state index contributed by atoms with van der Waals surface area (Å²) >= 11 is 7.72. The Morgan fingerprint density at radius 1 is 1.20 bits per heavy atom. The van der Waals surface area contributed by atoms with E-state index in [1.807, 2.05) is 18.2 Å². The molecule has 25 heavy (non-hydrogen) atoms. The van der Waals surface area contributed by atoms with E-state index in [4.69, 9.17) is 16.3 Å². The zero-order valence-corrected chi connectivity index (χ0v) is 15.4. The van der Waals surface area contributed by atoms with Crippen LogP contribution >= 0.6 is 23.4 Å². The molecule has 132 valence electrons. The molecule has 0 unspecified atom stereocenters. The minimum atomic E-state index is 0.0211. The molecular formula is C18H20ClN3O2S. The number of ketones is 1. The van der Waals surface area contributed by atoms with Crippen LogP contribution in [-0.4, -0.2) is 25.8 Å². The van der Waals surface area contributed by atoms with Gasteiger partial charge in [-0.05, 0) is 37.8 Å². The summed E-state index contributed by atoms with van der Waals surface area (Å²) < 4.78 is 7.99. The number of nitrogens with zero attached hydrogens (tertiary/aromatic N) is 3. The molecule has 5 nitrogen and oxygen atoms in total. The maximum absolute atomic E-state index is 12.1. The first-order chi connectivity index (χ1) is 12.2. The van der Waals surface area contributed by atoms with E-state index < -0.39 is 0 Å². The number of carbonyl (C=O) groups excluding carboxylic acids is 1. The molecule has 4 rings (SSSR count). The zero-order valence-electron chi connectivity index (χ0n) is 13.9. The highest BCUT2D eigenvalue weighted by Crippen LogP contribution is 2.41. The number of ether oxygens (including phenoxy) is 1. The van der Waals surface area contributed by atoms with Crippen molar-refractivity contribution in [1.29, 1.82) is 0 Å². The summed E-state index contributed by atoms with van der Waals surface area (Å²) in [6, 6.07) is 7.84. The van der Waals surface area contributed by atoms with Gasteiger partial charge in [0.15, 0.2) is 11.0 Å². The fraction of sp³-hybridized carbons (Fsp3) is 0.500. The molecule has 1 heterocycles. The molecular weight excluding hydrogens is 358 g/mol. The predicted molar refractivity (Wildman–Crippen MR) is 97.2 cm³/mol. The smallest absolute Gasteiger partial charge is 0.192 e. The molecule has 0 aliphatic heterocycles. The lowest BCUT2D eigenvalue weighted by Crippen LogP contribution is -2.22. The summed E-state index contributed by atoms with van der Waals surface area (Å²) in [4.78, 5) is 12.1. The second-order valence-corrected chi connectivity index (χ2v) is 8.11. The van der Waals surface area contributed by atoms with E-state index in [0.717, 1.165) is 43.1 Å². The van der Waals surface area contributed by atoms with Crippen molar-refractivity contribution < 1.29 is 9.53 Å². The Labute approximate surface area is 156 Å². The van der Waals surface area contributed by atoms with Crippen LogP contribution in [-0.2, 0) is 11.4 Å². The van der Waals surface area contributed by atoms with Crippen molar-refractivity contribution >= 4 is 29.1 Å². The molecule has 7 heteroatoms. The van der Waals surface area contributed by atoms with Crippen molar-refractivity contribution in [3.05, 3.63) is 35.1 Å². The SMILES string of the molecule is O=C1CCCC[C@H]1Sc1nnc(COc2ccccc2Cl)n1C1CC1. The number of benzene rings is 1. The van der Waals surface area contributed by atoms with E-state index in [1.165, 1.54) is 0 Å². The maximum atomic E-state index is 12.1. The summed E-state index contributed by atoms with van der Waals surface area (Å²) in [6.07, 6.45) is 6.02. The summed E-state index contributed by atoms with van der Waals surface area (Å²) in [5.41, 5.74) is 0. The molecule has 2 aliphatic carbocycles. The van der Waals surface area contributed by atoms with Crippen molar-refractivity contribution in [3.63, 3.8) is 0 Å². The molecule has 2 aliphatic rings. The van der Waals surface area contributed by atoms with Crippen molar-refractivity contribution in [2.45, 2.75) is 61.6 Å². The molecule has 0 amide bonds. The van der Waals surface area contributed by atoms with Crippen LogP contribution in [0.4, 0.5) is 0 Å². The molecule has 0 N–H and O–H groups in total. The Kier molecular flexibility index (Phi) is 4.99. The van der Waals surface area contributed by atoms with Gasteiger partial charge in [-0.1, -0.05) is 41.9 Å². The van der Waals surface area contributed by atoms with Crippen LogP contribution in [0.2, 0.25) is 5.02 Å². The first-order valence-electron chi connectivity index (χ1n) is 8.73. The van der Waals surface area contributed by atoms with Gasteiger partial charge in [0.05, 0.1) is 10.3 Å². The standard InChI is InChI=1S/C18H20ClN3O2S/c19-13-5-1-3-7-15(13)24-11-17-20-21-18(22(17)12-9-10-12)25-16-8-4-2-6-14(16)23/h1,3,5,7,12,16H,2,4,6,8-11H2/t16-/m1/s1. The van der Waals surface area contributed by atoms with E-state index in [9.17, 15) is 4.79 Å². The third-order valence-corrected chi connectivity index (χ3v) is 6.17. The quantitative estimate of drug-likeness (QED) is 0.744. The summed E-state index contributed by atoms with van der Waals surface area (Å²) in [7, 11) is 0. The topological polar surface area (TPSA) is 57.0 Å². The van der Waals surface area contributed by atoms with Crippen LogP contribution in [0.3, 0.4) is 0 Å². The largest absolute Gasteiger partial charge is 0.484 e. The van der Waals surface area contributed by atoms with Crippen LogP contribution < -0.4 is 4.74 Å². The highest BCUT2D eigenvalue weighted by atomic mass is 35.5. The highest BCUT2D eigenvalue weighted by Gasteiger charge is 2.32. The van der Waals surface area contributed by atoms with Gasteiger partial charge in [-0.3, -0.25) is 9.36 Å². The lowest BCUT2D eigenvalue weighted by molar-refractivity contribution is -0.119. The molecule has 2 aromatic rings. The Morgan fingerprint density at radius 3 is 2.80 bits per heavy atom. The van der Waals surface area contributed by atoms with E-state index >= 15 is 0 Å². The van der Waals surface area contributed by atoms with Gasteiger partial charge in [0, 0.05) is 12.5 Å². The van der Waals surface area contributed by atoms with Crippen LogP contribution in [0.5, 0.6) is 5.75 Å². The number of hydrogen-bond acceptors (Lipinski definition) is 5. The van der Waals surface area contributed by atoms with Gasteiger partial charge in [0.2, 0.25) is 0 Å². The zero-order chi connectivity index (χ0) is 17.2. The van der Waals surface area contributed by atoms with Gasteiger partial charge < -0.3 is 4.74 Å². The molecule has 0 bridgehead atoms. The molecule has 1 aromatic carbocycles. The molecule has 1 aromatic heterocycles. The van der Waals surface area contributed by atoms with Gasteiger partial charge in [-0.2, -0.15) is 0 Å². The van der Waals surface area contributed by atoms with Gasteiger partial charge in [-0.25, -0.2) is 0 Å². The Hall–Kier alpha value is -1.53. The van der Waals surface area contributed by atoms with E-state index in [1.54, 1.807) is 17.8 Å². The number of carbonyl (C=O) groups is 1. The van der Waals surface area contributed by atoms with Crippen LogP contribution in [0.1, 0.15) is 50.4 Å². The molecule has 0 spiro atoms. The third kappa shape index (κ3) is 3.85. The van der Waals surface area contributed by atoms with Crippen molar-refractivity contribution in [2.75, 3.05) is 0 Å². The van der Waals surface area contributed by atoms with E-state index in [-0.39, 0.29) is 5.25 Å². The third-order valence-electron chi connectivity index (χ3n) is 4.59. The van der Waals surface area contributed by atoms with Crippen LogP contribution in [0.25, 0.3) is 0 Å². The monoisotopic (exact) mass is 377 g/mol. The van der Waals surface area contributed by atoms with Crippen molar-refractivity contribution in [1.82, 2.24) is 14.8 Å². The fourth-order valence-corrected chi connectivity index (χ4v) is 4.53. The van der Waals surface area contributed by atoms with Gasteiger partial charge in [0.25, 0.3) is 0 Å². The number of hydrogen-bond donors (Lipinski definition) is 0. The molecule has 1 atom stereocenters.